The lowest BCUT2D eigenvalue weighted by molar-refractivity contribution is 0.599. The zero-order valence-corrected chi connectivity index (χ0v) is 89.2. The van der Waals surface area contributed by atoms with Crippen molar-refractivity contribution < 1.29 is 42.5 Å². The van der Waals surface area contributed by atoms with Gasteiger partial charge in [0.2, 0.25) is 0 Å². The van der Waals surface area contributed by atoms with Crippen LogP contribution in [0.2, 0.25) is 25.1 Å². The summed E-state index contributed by atoms with van der Waals surface area (Å²) in [5, 5.41) is 44.0. The Morgan fingerprint density at radius 3 is 1.19 bits per heavy atom. The molecule has 0 radical (unpaired) electrons. The number of hydrogen-bond acceptors (Lipinski definition) is 22. The lowest BCUT2D eigenvalue weighted by Crippen LogP contribution is -2.10. The molecule has 5 aliphatic rings. The van der Waals surface area contributed by atoms with Gasteiger partial charge in [0.1, 0.15) is 58.2 Å². The van der Waals surface area contributed by atoms with Gasteiger partial charge in [-0.2, -0.15) is 20.6 Å². The highest BCUT2D eigenvalue weighted by atomic mass is 35.5. The van der Waals surface area contributed by atoms with Gasteiger partial charge in [0.25, 0.3) is 0 Å². The van der Waals surface area contributed by atoms with Gasteiger partial charge in [-0.05, 0) is 270 Å². The van der Waals surface area contributed by atoms with Crippen LogP contribution in [0.5, 0.6) is 0 Å². The third kappa shape index (κ3) is 24.7. The number of halogens is 7. The lowest BCUT2D eigenvalue weighted by Gasteiger charge is -2.19. The molecule has 8 aromatic carbocycles. The molecule has 150 heavy (non-hydrogen) atoms. The van der Waals surface area contributed by atoms with Crippen LogP contribution in [-0.2, 0) is 69.4 Å². The maximum absolute atomic E-state index is 15.1. The quantitative estimate of drug-likeness (QED) is 0.0465. The van der Waals surface area contributed by atoms with E-state index in [1.165, 1.54) is 43.2 Å². The van der Waals surface area contributed by atoms with E-state index in [1.54, 1.807) is 76.2 Å². The smallest absolute Gasteiger partial charge is 0.163 e. The van der Waals surface area contributed by atoms with E-state index in [1.807, 2.05) is 211 Å². The summed E-state index contributed by atoms with van der Waals surface area (Å²) >= 11 is 32.4. The van der Waals surface area contributed by atoms with Crippen LogP contribution in [0.25, 0.3) is 148 Å². The van der Waals surface area contributed by atoms with Crippen molar-refractivity contribution in [1.82, 2.24) is 54.7 Å². The molecule has 756 valence electrons. The van der Waals surface area contributed by atoms with E-state index in [4.69, 9.17) is 82.9 Å². The second-order valence-electron chi connectivity index (χ2n) is 36.6. The van der Waals surface area contributed by atoms with Crippen molar-refractivity contribution in [1.29, 1.82) is 5.26 Å². The molecule has 36 heteroatoms. The number of nitriles is 1. The highest BCUT2D eigenvalue weighted by Crippen LogP contribution is 2.47. The first-order valence-corrected chi connectivity index (χ1v) is 56.3. The van der Waals surface area contributed by atoms with Gasteiger partial charge < -0.3 is 26.6 Å². The molecule has 0 atom stereocenters. The van der Waals surface area contributed by atoms with Crippen molar-refractivity contribution in [3.63, 3.8) is 0 Å². The van der Waals surface area contributed by atoms with E-state index in [0.717, 1.165) is 162 Å². The molecular weight excluding hydrogens is 2080 g/mol. The first kappa shape index (κ1) is 106. The zero-order chi connectivity index (χ0) is 107. The molecule has 25 nitrogen and oxygen atoms in total. The average molecular weight is 2170 g/mol. The molecule has 16 aromatic rings. The van der Waals surface area contributed by atoms with Gasteiger partial charge in [-0.25, -0.2) is 72.1 Å². The van der Waals surface area contributed by atoms with E-state index in [9.17, 15) is 43.3 Å². The fourth-order valence-electron chi connectivity index (χ4n) is 17.3. The third-order valence-electron chi connectivity index (χ3n) is 24.4. The molecule has 21 rings (SSSR count). The fraction of sp³-hybridized carbons (Fsp3) is 0.114. The zero-order valence-electron chi connectivity index (χ0n) is 82.2. The number of H-pyrrole nitrogens is 1. The largest absolute Gasteiger partial charge is 0.340 e. The number of aryl methyl sites for hydroxylation is 5. The van der Waals surface area contributed by atoms with Gasteiger partial charge in [0.15, 0.2) is 45.2 Å². The third-order valence-corrected chi connectivity index (χ3v) is 29.3. The molecule has 0 bridgehead atoms. The molecular formula is C114H94Cl5F2N17O8S4. The molecule has 6 N–H and O–H groups in total. The van der Waals surface area contributed by atoms with E-state index >= 15 is 4.39 Å². The minimum atomic E-state index is -3.23. The highest BCUT2D eigenvalue weighted by molar-refractivity contribution is 7.90. The van der Waals surface area contributed by atoms with E-state index < -0.39 is 45.2 Å². The Hall–Kier alpha value is -15.6. The Morgan fingerprint density at radius 2 is 0.767 bits per heavy atom. The summed E-state index contributed by atoms with van der Waals surface area (Å²) in [6.45, 7) is 27.1. The number of nitrogens with one attached hydrogen (secondary N) is 6. The molecule has 0 saturated carbocycles. The summed E-state index contributed by atoms with van der Waals surface area (Å²) < 4.78 is 126. The van der Waals surface area contributed by atoms with Crippen molar-refractivity contribution in [3.8, 4) is 113 Å². The molecule has 13 heterocycles. The predicted octanol–water partition coefficient (Wildman–Crippen LogP) is 26.8. The summed E-state index contributed by atoms with van der Waals surface area (Å²) in [7, 11) is -10.9. The predicted molar refractivity (Wildman–Crippen MR) is 605 cm³/mol. The number of benzene rings is 8. The number of pyridine rings is 5. The lowest BCUT2D eigenvalue weighted by atomic mass is 9.94. The first-order valence-electron chi connectivity index (χ1n) is 46.2. The minimum absolute atomic E-state index is 0.0430. The summed E-state index contributed by atoms with van der Waals surface area (Å²) in [5.74, 6) is 2.68. The van der Waals surface area contributed by atoms with Crippen LogP contribution in [0.4, 0.5) is 37.9 Å². The maximum atomic E-state index is 15.1. The SMILES string of the molecule is C=C1C=Cc2cc(-c3cc(C)c(CS(C)(=O)=O)c(Cl)c3)c(-c3ccc(F)cc3)nc2N1.C=C1C=Cc2cc(-c3cc(C)c(CS(C)(=O)=O)c(Cl)c3)c(-c3ccn(C)n3)nc2N1.C=C1C=Cc2cc(-c3cc(C)c(CS(C)(=O)=O)c(Cl)c3)c(-n3ccc(C)n3)nc2N1.C=C1C=Cc2cc(-c3cc(Cl)c4[nH]ncc4c3)c(-c3cccc(C#N)c3F)nc2N1.C=C1C=Cc2cc(-c3ccc(CS(C)(=O)=O)c(Cl)c3)c(-c3ccccc3)nc2N1. The van der Waals surface area contributed by atoms with Crippen LogP contribution in [0.1, 0.15) is 78.0 Å². The van der Waals surface area contributed by atoms with Crippen molar-refractivity contribution in [2.24, 2.45) is 7.05 Å². The second-order valence-corrected chi connectivity index (χ2v) is 47.2. The van der Waals surface area contributed by atoms with Crippen LogP contribution in [0, 0.1) is 50.7 Å². The van der Waals surface area contributed by atoms with Crippen LogP contribution in [-0.4, -0.2) is 113 Å². The number of aromatic amines is 1. The Bertz CT molecular complexity index is 8810. The van der Waals surface area contributed by atoms with Crippen LogP contribution in [0.15, 0.2) is 292 Å². The van der Waals surface area contributed by atoms with Gasteiger partial charge in [0, 0.05) is 171 Å². The van der Waals surface area contributed by atoms with Gasteiger partial charge in [-0.15, -0.1) is 0 Å². The van der Waals surface area contributed by atoms with Crippen molar-refractivity contribution in [2.45, 2.75) is 50.7 Å². The summed E-state index contributed by atoms with van der Waals surface area (Å²) in [6.07, 6.45) is 29.3. The number of hydrogen-bond donors (Lipinski definition) is 6. The maximum Gasteiger partial charge on any atom is 0.163 e. The van der Waals surface area contributed by atoms with Crippen molar-refractivity contribution >= 4 is 168 Å². The molecule has 0 aliphatic carbocycles. The number of sulfone groups is 4. The van der Waals surface area contributed by atoms with Crippen LogP contribution >= 0.6 is 58.0 Å². The van der Waals surface area contributed by atoms with Crippen molar-refractivity contribution in [2.75, 3.05) is 51.6 Å². The molecule has 0 fully saturated rings. The van der Waals surface area contributed by atoms with Crippen LogP contribution < -0.4 is 26.6 Å². The van der Waals surface area contributed by atoms with Gasteiger partial charge >= 0.3 is 0 Å². The minimum Gasteiger partial charge on any atom is -0.340 e. The number of fused-ring (bicyclic) bond motifs is 6. The monoisotopic (exact) mass is 2170 g/mol. The second kappa shape index (κ2) is 43.3. The summed E-state index contributed by atoms with van der Waals surface area (Å²) in [6, 6.07) is 56.7. The van der Waals surface area contributed by atoms with E-state index in [2.05, 4.69) is 85.9 Å². The van der Waals surface area contributed by atoms with Crippen molar-refractivity contribution in [3.05, 3.63) is 407 Å². The Morgan fingerprint density at radius 1 is 0.373 bits per heavy atom. The Balaban J connectivity index is 0.000000128. The number of anilines is 5. The molecule has 0 spiro atoms. The molecule has 5 aliphatic heterocycles. The Labute approximate surface area is 892 Å². The van der Waals surface area contributed by atoms with E-state index in [0.29, 0.717) is 105 Å². The van der Waals surface area contributed by atoms with E-state index in [-0.39, 0.29) is 40.0 Å². The first-order chi connectivity index (χ1) is 71.2. The fourth-order valence-corrected chi connectivity index (χ4v) is 22.7. The number of nitrogens with zero attached hydrogens (tertiary/aromatic N) is 11. The molecule has 0 saturated heterocycles. The molecule has 8 aromatic heterocycles. The van der Waals surface area contributed by atoms with Gasteiger partial charge in [-0.3, -0.25) is 9.78 Å². The molecule has 0 amide bonds. The van der Waals surface area contributed by atoms with Gasteiger partial charge in [-0.1, -0.05) is 158 Å². The number of allylic oxidation sites excluding steroid dienone is 5. The Kier molecular flexibility index (Phi) is 30.5. The summed E-state index contributed by atoms with van der Waals surface area (Å²) in [4.78, 5) is 24.0. The average Bonchev–Trinajstić information content (AvgIpc) is 1.22. The van der Waals surface area contributed by atoms with Gasteiger partial charge in [0.05, 0.1) is 68.1 Å². The molecule has 0 unspecified atom stereocenters. The van der Waals surface area contributed by atoms with Crippen LogP contribution in [0.3, 0.4) is 0 Å². The topological polar surface area (TPSA) is 349 Å². The normalized spacial score (nSPS) is 13.0. The number of aromatic nitrogens is 11. The number of rotatable bonds is 18. The highest BCUT2D eigenvalue weighted by Gasteiger charge is 2.29. The summed E-state index contributed by atoms with van der Waals surface area (Å²) in [5.41, 5.74) is 28.1. The standard InChI is InChI=1S/C24H20ClFN2O2S.C23H13ClFN5.C23H19ClN2O2S.2C22H21ClN4O2S/c1-14-10-18(12-22(25)21(14)13-31(3,29)30)20-11-17-5-4-15(2)27-24(17)28-23(20)16-6-8-19(26)9-7-16;1-12-5-6-13-8-18(15-7-16-11-27-30-21(16)19(24)9-15)22(29-23(13)28-12)17-4-2-3-14(10-26)20(17)25;1-15-8-9-18-12-20(17-10-11-19(21(24)13-17)14-29(2,27)28)22(26-23(18)25-15)16-6-4-3-5-7-16;1-13-9-16(11-19(23)18(13)12-30(4,28)29)17-10-15-6-5-14(2)24-22(15)25-21(17)20-7-8-27(3)26-20;1-13-9-17(11-20(23)19(13)12-30(4,28)29)18-10-16-6-5-14(2)24-21(16)25-22(18)27-8-7-15(3)26-27/h4-12H,2,13H2,1,3H3,(H,27,28);2-9,11H,1H2,(H,27,30)(H,28,29);3-13H,1,14H2,2H3,(H,25,26);2*5-11H,2,12H2,1,3-4H3,(H,24,25).